The number of Topliss-reactive ketones (excluding diaryl/α,β-unsaturated/α-hetero) is 1. The molecule has 0 aliphatic rings. The Bertz CT molecular complexity index is 665. The maximum Gasteiger partial charge on any atom is 0.353 e. The van der Waals surface area contributed by atoms with E-state index in [1.807, 2.05) is 37.3 Å². The normalized spacial score (nSPS) is 13.2. The fourth-order valence-corrected chi connectivity index (χ4v) is 2.45. The molecule has 2 aromatic rings. The van der Waals surface area contributed by atoms with Crippen molar-refractivity contribution in [2.45, 2.75) is 38.9 Å². The first-order valence-corrected chi connectivity index (χ1v) is 7.73. The Morgan fingerprint density at radius 1 is 1.12 bits per heavy atom. The number of ketones is 1. The Morgan fingerprint density at radius 3 is 2.29 bits per heavy atom. The number of carbonyl (C=O) groups is 1. The van der Waals surface area contributed by atoms with Crippen molar-refractivity contribution in [3.8, 4) is 0 Å². The topological polar surface area (TPSA) is 75.5 Å². The van der Waals surface area contributed by atoms with Crippen LogP contribution in [0, 0.1) is 0 Å². The van der Waals surface area contributed by atoms with E-state index in [9.17, 15) is 4.79 Å². The number of aromatic nitrogens is 3. The summed E-state index contributed by atoms with van der Waals surface area (Å²) in [5, 5.41) is 7.93. The van der Waals surface area contributed by atoms with E-state index in [1.165, 1.54) is 25.1 Å². The summed E-state index contributed by atoms with van der Waals surface area (Å²) in [4.78, 5) is 13.0. The van der Waals surface area contributed by atoms with Gasteiger partial charge in [0.2, 0.25) is 0 Å². The molecule has 0 aliphatic heterocycles. The zero-order chi connectivity index (χ0) is 17.7. The summed E-state index contributed by atoms with van der Waals surface area (Å²) in [5.41, 5.74) is 1.25. The van der Waals surface area contributed by atoms with Gasteiger partial charge in [-0.2, -0.15) is 0 Å². The molecule has 1 aromatic carbocycles. The first kappa shape index (κ1) is 18.3. The molecule has 0 unspecified atom stereocenters. The molecule has 1 aromatic heterocycles. The third kappa shape index (κ3) is 3.53. The van der Waals surface area contributed by atoms with E-state index in [0.29, 0.717) is 0 Å². The number of benzene rings is 1. The molecular weight excluding hydrogens is 310 g/mol. The summed E-state index contributed by atoms with van der Waals surface area (Å²) >= 11 is 0. The highest BCUT2D eigenvalue weighted by molar-refractivity contribution is 5.99. The molecule has 0 radical (unpaired) electrons. The lowest BCUT2D eigenvalue weighted by atomic mass is 10.1. The van der Waals surface area contributed by atoms with Crippen LogP contribution in [0.5, 0.6) is 0 Å². The van der Waals surface area contributed by atoms with Gasteiger partial charge < -0.3 is 14.2 Å². The second-order valence-corrected chi connectivity index (χ2v) is 5.61. The SMILES string of the molecule is COC(OC)(OC(C)C)C(=O)c1cnnn1[C@H](C)c1ccccc1. The average Bonchev–Trinajstić information content (AvgIpc) is 3.08. The number of carbonyl (C=O) groups excluding carboxylic acids is 1. The predicted molar refractivity (Wildman–Crippen MR) is 87.6 cm³/mol. The van der Waals surface area contributed by atoms with Gasteiger partial charge in [-0.05, 0) is 26.3 Å². The van der Waals surface area contributed by atoms with Crippen molar-refractivity contribution < 1.29 is 19.0 Å². The Morgan fingerprint density at radius 2 is 1.75 bits per heavy atom. The van der Waals surface area contributed by atoms with Gasteiger partial charge in [-0.15, -0.1) is 5.10 Å². The van der Waals surface area contributed by atoms with Gasteiger partial charge in [0.1, 0.15) is 5.69 Å². The van der Waals surface area contributed by atoms with Gasteiger partial charge in [0.05, 0.1) is 18.3 Å². The molecule has 7 heteroatoms. The fourth-order valence-electron chi connectivity index (χ4n) is 2.45. The van der Waals surface area contributed by atoms with Crippen LogP contribution < -0.4 is 0 Å². The van der Waals surface area contributed by atoms with E-state index in [4.69, 9.17) is 14.2 Å². The number of hydrogen-bond donors (Lipinski definition) is 0. The summed E-state index contributed by atoms with van der Waals surface area (Å²) in [7, 11) is 2.72. The van der Waals surface area contributed by atoms with Crippen LogP contribution in [0.1, 0.15) is 42.9 Å². The highest BCUT2D eigenvalue weighted by Gasteiger charge is 2.44. The molecule has 0 amide bonds. The summed E-state index contributed by atoms with van der Waals surface area (Å²) in [6.07, 6.45) is 1.11. The fraction of sp³-hybridized carbons (Fsp3) is 0.471. The zero-order valence-corrected chi connectivity index (χ0v) is 14.6. The molecule has 0 saturated carbocycles. The predicted octanol–water partition coefficient (Wildman–Crippen LogP) is 2.44. The van der Waals surface area contributed by atoms with Gasteiger partial charge >= 0.3 is 5.97 Å². The van der Waals surface area contributed by atoms with Crippen molar-refractivity contribution >= 4 is 5.78 Å². The second kappa shape index (κ2) is 7.65. The van der Waals surface area contributed by atoms with Gasteiger partial charge in [-0.25, -0.2) is 4.68 Å². The highest BCUT2D eigenvalue weighted by Crippen LogP contribution is 2.25. The van der Waals surface area contributed by atoms with Crippen LogP contribution >= 0.6 is 0 Å². The largest absolute Gasteiger partial charge is 0.353 e. The van der Waals surface area contributed by atoms with E-state index in [1.54, 1.807) is 13.8 Å². The maximum absolute atomic E-state index is 13.0. The monoisotopic (exact) mass is 333 g/mol. The minimum Gasteiger partial charge on any atom is -0.324 e. The van der Waals surface area contributed by atoms with Crippen LogP contribution in [0.25, 0.3) is 0 Å². The molecule has 0 spiro atoms. The van der Waals surface area contributed by atoms with Crippen molar-refractivity contribution in [1.29, 1.82) is 0 Å². The molecule has 1 atom stereocenters. The standard InChI is InChI=1S/C17H23N3O4/c1-12(2)24-17(22-4,23-5)16(21)15-11-18-19-20(15)13(3)14-9-7-6-8-10-14/h6-13H,1-5H3/t13-/m1/s1. The quantitative estimate of drug-likeness (QED) is 0.545. The summed E-state index contributed by atoms with van der Waals surface area (Å²) < 4.78 is 17.7. The van der Waals surface area contributed by atoms with E-state index in [-0.39, 0.29) is 17.8 Å². The van der Waals surface area contributed by atoms with Crippen LogP contribution in [0.4, 0.5) is 0 Å². The Hall–Kier alpha value is -2.09. The van der Waals surface area contributed by atoms with Crippen LogP contribution in [-0.2, 0) is 14.2 Å². The minimum atomic E-state index is -1.83. The van der Waals surface area contributed by atoms with Gasteiger partial charge in [-0.3, -0.25) is 4.79 Å². The number of rotatable bonds is 8. The van der Waals surface area contributed by atoms with E-state index in [2.05, 4.69) is 10.3 Å². The minimum absolute atomic E-state index is 0.182. The molecular formula is C17H23N3O4. The highest BCUT2D eigenvalue weighted by atomic mass is 16.9. The average molecular weight is 333 g/mol. The van der Waals surface area contributed by atoms with Gasteiger partial charge in [-0.1, -0.05) is 35.5 Å². The smallest absolute Gasteiger partial charge is 0.324 e. The summed E-state index contributed by atoms with van der Waals surface area (Å²) in [5.74, 6) is -2.32. The lowest BCUT2D eigenvalue weighted by molar-refractivity contribution is -0.335. The third-order valence-corrected chi connectivity index (χ3v) is 3.66. The molecule has 2 rings (SSSR count). The van der Waals surface area contributed by atoms with E-state index < -0.39 is 11.8 Å². The molecule has 7 nitrogen and oxygen atoms in total. The van der Waals surface area contributed by atoms with E-state index in [0.717, 1.165) is 5.56 Å². The Labute approximate surface area is 141 Å². The molecule has 0 aliphatic carbocycles. The molecule has 24 heavy (non-hydrogen) atoms. The van der Waals surface area contributed by atoms with Crippen LogP contribution in [0.3, 0.4) is 0 Å². The molecule has 0 bridgehead atoms. The van der Waals surface area contributed by atoms with Crippen molar-refractivity contribution in [3.05, 3.63) is 47.8 Å². The first-order valence-electron chi connectivity index (χ1n) is 7.73. The Kier molecular flexibility index (Phi) is 5.82. The zero-order valence-electron chi connectivity index (χ0n) is 14.6. The molecule has 0 N–H and O–H groups in total. The van der Waals surface area contributed by atoms with Crippen LogP contribution in [0.15, 0.2) is 36.5 Å². The van der Waals surface area contributed by atoms with Crippen LogP contribution in [-0.4, -0.2) is 47.1 Å². The van der Waals surface area contributed by atoms with Gasteiger partial charge in [0, 0.05) is 14.2 Å². The van der Waals surface area contributed by atoms with Crippen molar-refractivity contribution in [2.75, 3.05) is 14.2 Å². The van der Waals surface area contributed by atoms with Crippen molar-refractivity contribution in [1.82, 2.24) is 15.0 Å². The van der Waals surface area contributed by atoms with Gasteiger partial charge in [0.25, 0.3) is 5.78 Å². The molecule has 0 saturated heterocycles. The summed E-state index contributed by atoms with van der Waals surface area (Å²) in [6, 6.07) is 9.54. The van der Waals surface area contributed by atoms with Crippen LogP contribution in [0.2, 0.25) is 0 Å². The molecule has 0 fully saturated rings. The first-order chi connectivity index (χ1) is 11.4. The third-order valence-electron chi connectivity index (χ3n) is 3.66. The van der Waals surface area contributed by atoms with Gasteiger partial charge in [0.15, 0.2) is 0 Å². The maximum atomic E-state index is 13.0. The van der Waals surface area contributed by atoms with Crippen molar-refractivity contribution in [2.24, 2.45) is 0 Å². The van der Waals surface area contributed by atoms with Crippen molar-refractivity contribution in [3.63, 3.8) is 0 Å². The second-order valence-electron chi connectivity index (χ2n) is 5.61. The Balaban J connectivity index is 2.39. The van der Waals surface area contributed by atoms with E-state index >= 15 is 0 Å². The number of methoxy groups -OCH3 is 2. The number of nitrogens with zero attached hydrogens (tertiary/aromatic N) is 3. The lowest BCUT2D eigenvalue weighted by Gasteiger charge is -2.30. The number of ether oxygens (including phenoxy) is 3. The summed E-state index contributed by atoms with van der Waals surface area (Å²) in [6.45, 7) is 5.52. The molecule has 1 heterocycles. The lowest BCUT2D eigenvalue weighted by Crippen LogP contribution is -2.48. The molecule has 130 valence electrons. The number of hydrogen-bond acceptors (Lipinski definition) is 6.